The maximum absolute atomic E-state index is 13.8. The van der Waals surface area contributed by atoms with Crippen LogP contribution in [0.25, 0.3) is 0 Å². The minimum absolute atomic E-state index is 0. The largest absolute Gasteiger partial charge is 0.488 e. The highest BCUT2D eigenvalue weighted by Gasteiger charge is 2.45. The van der Waals surface area contributed by atoms with E-state index in [0.29, 0.717) is 38.5 Å². The first kappa shape index (κ1) is 22.5. The lowest BCUT2D eigenvalue weighted by molar-refractivity contribution is -0.187. The quantitative estimate of drug-likeness (QED) is 0.759. The van der Waals surface area contributed by atoms with E-state index in [-0.39, 0.29) is 18.0 Å². The number of aryl methyl sites for hydroxylation is 2. The van der Waals surface area contributed by atoms with Crippen LogP contribution in [0.1, 0.15) is 28.3 Å². The Labute approximate surface area is 170 Å². The molecule has 0 saturated carbocycles. The summed E-state index contributed by atoms with van der Waals surface area (Å²) in [5.74, 6) is 0.656. The van der Waals surface area contributed by atoms with Crippen LogP contribution in [-0.2, 0) is 6.61 Å². The zero-order chi connectivity index (χ0) is 19.4. The standard InChI is InChI=1S/C21H25F3N2O.ClH/c1-15-12-18(20(21(22,23)24)26-10-8-25-9-11-26)13-16(2)19(15)27-14-17-6-4-3-5-7-17;/h3-7,12-13,20,25H,8-11,14H2,1-2H3;1H/t20-;/m0./s1. The summed E-state index contributed by atoms with van der Waals surface area (Å²) in [7, 11) is 0. The van der Waals surface area contributed by atoms with Crippen LogP contribution < -0.4 is 10.1 Å². The van der Waals surface area contributed by atoms with Gasteiger partial charge in [-0.3, -0.25) is 4.90 Å². The average Bonchev–Trinajstić information content (AvgIpc) is 2.62. The van der Waals surface area contributed by atoms with Gasteiger partial charge < -0.3 is 10.1 Å². The van der Waals surface area contributed by atoms with Crippen molar-refractivity contribution in [1.82, 2.24) is 10.2 Å². The second kappa shape index (κ2) is 9.63. The summed E-state index contributed by atoms with van der Waals surface area (Å²) in [5.41, 5.74) is 2.76. The van der Waals surface area contributed by atoms with Crippen molar-refractivity contribution in [3.63, 3.8) is 0 Å². The molecular weight excluding hydrogens is 389 g/mol. The van der Waals surface area contributed by atoms with Crippen LogP contribution in [0.3, 0.4) is 0 Å². The topological polar surface area (TPSA) is 24.5 Å². The van der Waals surface area contributed by atoms with E-state index in [1.54, 1.807) is 12.1 Å². The molecule has 1 saturated heterocycles. The van der Waals surface area contributed by atoms with Gasteiger partial charge in [-0.15, -0.1) is 12.4 Å². The monoisotopic (exact) mass is 414 g/mol. The fourth-order valence-electron chi connectivity index (χ4n) is 3.65. The molecule has 154 valence electrons. The third-order valence-electron chi connectivity index (χ3n) is 4.85. The van der Waals surface area contributed by atoms with E-state index in [2.05, 4.69) is 5.32 Å². The van der Waals surface area contributed by atoms with E-state index in [9.17, 15) is 13.2 Å². The molecule has 1 fully saturated rings. The Morgan fingerprint density at radius 3 is 2.14 bits per heavy atom. The van der Waals surface area contributed by atoms with Crippen molar-refractivity contribution in [2.75, 3.05) is 26.2 Å². The summed E-state index contributed by atoms with van der Waals surface area (Å²) >= 11 is 0. The SMILES string of the molecule is Cc1cc([C@H](N2CCNCC2)C(F)(F)F)cc(C)c1OCc1ccccc1.Cl. The molecule has 3 rings (SSSR count). The van der Waals surface area contributed by atoms with Crippen LogP contribution >= 0.6 is 12.4 Å². The van der Waals surface area contributed by atoms with Crippen molar-refractivity contribution in [3.8, 4) is 5.75 Å². The zero-order valence-corrected chi connectivity index (χ0v) is 16.9. The van der Waals surface area contributed by atoms with Gasteiger partial charge in [0.05, 0.1) is 0 Å². The number of halogens is 4. The van der Waals surface area contributed by atoms with Crippen LogP contribution in [0.5, 0.6) is 5.75 Å². The summed E-state index contributed by atoms with van der Waals surface area (Å²) < 4.78 is 47.4. The number of hydrogen-bond donors (Lipinski definition) is 1. The first-order chi connectivity index (χ1) is 12.9. The van der Waals surface area contributed by atoms with Crippen LogP contribution in [-0.4, -0.2) is 37.3 Å². The van der Waals surface area contributed by atoms with E-state index >= 15 is 0 Å². The number of hydrogen-bond acceptors (Lipinski definition) is 3. The maximum Gasteiger partial charge on any atom is 0.408 e. The van der Waals surface area contributed by atoms with Gasteiger partial charge in [-0.25, -0.2) is 0 Å². The first-order valence-electron chi connectivity index (χ1n) is 9.15. The zero-order valence-electron chi connectivity index (χ0n) is 16.1. The highest BCUT2D eigenvalue weighted by molar-refractivity contribution is 5.85. The Balaban J connectivity index is 0.00000280. The van der Waals surface area contributed by atoms with E-state index in [4.69, 9.17) is 4.74 Å². The molecule has 2 aromatic carbocycles. The number of nitrogens with zero attached hydrogens (tertiary/aromatic N) is 1. The second-order valence-corrected chi connectivity index (χ2v) is 6.99. The summed E-state index contributed by atoms with van der Waals surface area (Å²) in [5, 5.41) is 3.11. The maximum atomic E-state index is 13.8. The molecule has 1 aliphatic rings. The van der Waals surface area contributed by atoms with Gasteiger partial charge in [-0.2, -0.15) is 13.2 Å². The Hall–Kier alpha value is -1.76. The molecule has 3 nitrogen and oxygen atoms in total. The van der Waals surface area contributed by atoms with Crippen LogP contribution in [0.15, 0.2) is 42.5 Å². The number of rotatable bonds is 5. The van der Waals surface area contributed by atoms with E-state index in [1.807, 2.05) is 44.2 Å². The Morgan fingerprint density at radius 2 is 1.61 bits per heavy atom. The van der Waals surface area contributed by atoms with Gasteiger partial charge in [0.15, 0.2) is 0 Å². The molecular formula is C21H26ClF3N2O. The lowest BCUT2D eigenvalue weighted by Gasteiger charge is -2.36. The van der Waals surface area contributed by atoms with Gasteiger partial charge in [0, 0.05) is 26.2 Å². The van der Waals surface area contributed by atoms with Crippen LogP contribution in [0, 0.1) is 13.8 Å². The van der Waals surface area contributed by atoms with Crippen molar-refractivity contribution in [1.29, 1.82) is 0 Å². The molecule has 1 N–H and O–H groups in total. The summed E-state index contributed by atoms with van der Waals surface area (Å²) in [4.78, 5) is 1.51. The molecule has 28 heavy (non-hydrogen) atoms. The molecule has 2 aromatic rings. The first-order valence-corrected chi connectivity index (χ1v) is 9.15. The number of piperazine rings is 1. The van der Waals surface area contributed by atoms with Crippen molar-refractivity contribution in [2.45, 2.75) is 32.7 Å². The molecule has 0 aliphatic carbocycles. The molecule has 7 heteroatoms. The van der Waals surface area contributed by atoms with Crippen molar-refractivity contribution >= 4 is 12.4 Å². The lowest BCUT2D eigenvalue weighted by Crippen LogP contribution is -2.49. The Kier molecular flexibility index (Phi) is 7.75. The Morgan fingerprint density at radius 1 is 1.04 bits per heavy atom. The van der Waals surface area contributed by atoms with Gasteiger partial charge in [-0.1, -0.05) is 42.5 Å². The van der Waals surface area contributed by atoms with Gasteiger partial charge in [0.25, 0.3) is 0 Å². The average molecular weight is 415 g/mol. The fourth-order valence-corrected chi connectivity index (χ4v) is 3.65. The summed E-state index contributed by atoms with van der Waals surface area (Å²) in [6, 6.07) is 11.4. The molecule has 0 aromatic heterocycles. The number of alkyl halides is 3. The molecule has 0 amide bonds. The van der Waals surface area contributed by atoms with E-state index < -0.39 is 12.2 Å². The van der Waals surface area contributed by atoms with Gasteiger partial charge >= 0.3 is 6.18 Å². The predicted molar refractivity (Wildman–Crippen MR) is 107 cm³/mol. The van der Waals surface area contributed by atoms with E-state index in [1.165, 1.54) is 4.90 Å². The third-order valence-corrected chi connectivity index (χ3v) is 4.85. The van der Waals surface area contributed by atoms with Gasteiger partial charge in [0.1, 0.15) is 18.4 Å². The molecule has 1 aliphatic heterocycles. The van der Waals surface area contributed by atoms with Gasteiger partial charge in [0.2, 0.25) is 0 Å². The van der Waals surface area contributed by atoms with Gasteiger partial charge in [-0.05, 0) is 36.1 Å². The minimum atomic E-state index is -4.32. The van der Waals surface area contributed by atoms with Crippen molar-refractivity contribution < 1.29 is 17.9 Å². The normalized spacial score (nSPS) is 16.3. The molecule has 0 spiro atoms. The highest BCUT2D eigenvalue weighted by atomic mass is 35.5. The molecule has 0 unspecified atom stereocenters. The third kappa shape index (κ3) is 5.40. The number of benzene rings is 2. The highest BCUT2D eigenvalue weighted by Crippen LogP contribution is 2.40. The molecule has 1 atom stereocenters. The predicted octanol–water partition coefficient (Wildman–Crippen LogP) is 4.81. The lowest BCUT2D eigenvalue weighted by atomic mass is 9.98. The fraction of sp³-hybridized carbons (Fsp3) is 0.429. The van der Waals surface area contributed by atoms with Crippen LogP contribution in [0.2, 0.25) is 0 Å². The Bertz CT molecular complexity index is 739. The molecule has 1 heterocycles. The summed E-state index contributed by atoms with van der Waals surface area (Å²) in [6.07, 6.45) is -4.32. The minimum Gasteiger partial charge on any atom is -0.488 e. The number of ether oxygens (including phenoxy) is 1. The second-order valence-electron chi connectivity index (χ2n) is 6.99. The van der Waals surface area contributed by atoms with Crippen molar-refractivity contribution in [3.05, 3.63) is 64.7 Å². The van der Waals surface area contributed by atoms with E-state index in [0.717, 1.165) is 16.7 Å². The smallest absolute Gasteiger partial charge is 0.408 e. The number of nitrogens with one attached hydrogen (secondary N) is 1. The summed E-state index contributed by atoms with van der Waals surface area (Å²) in [6.45, 7) is 5.92. The molecule has 0 bridgehead atoms. The van der Waals surface area contributed by atoms with Crippen molar-refractivity contribution in [2.24, 2.45) is 0 Å². The van der Waals surface area contributed by atoms with Crippen LogP contribution in [0.4, 0.5) is 13.2 Å². The molecule has 0 radical (unpaired) electrons.